The van der Waals surface area contributed by atoms with Gasteiger partial charge in [0.05, 0.1) is 11.2 Å². The van der Waals surface area contributed by atoms with Crippen molar-refractivity contribution in [1.82, 2.24) is 24.9 Å². The molecule has 0 aliphatic carbocycles. The van der Waals surface area contributed by atoms with Gasteiger partial charge in [0.2, 0.25) is 0 Å². The second-order valence-corrected chi connectivity index (χ2v) is 13.6. The molecule has 0 atom stereocenters. The maximum Gasteiger partial charge on any atom is 0.164 e. The highest BCUT2D eigenvalue weighted by atomic mass is 15.0. The lowest BCUT2D eigenvalue weighted by Gasteiger charge is -2.14. The minimum absolute atomic E-state index is 0.408. The Hall–Kier alpha value is -6.85. The average molecular weight is 682 g/mol. The third-order valence-corrected chi connectivity index (χ3v) is 9.77. The van der Waals surface area contributed by atoms with E-state index in [1.807, 2.05) is 79.1 Å². The van der Waals surface area contributed by atoms with Gasteiger partial charge in [-0.05, 0) is 69.5 Å². The van der Waals surface area contributed by atoms with Crippen LogP contribution in [0.15, 0.2) is 170 Å². The van der Waals surface area contributed by atoms with Gasteiger partial charge in [-0.25, -0.2) is 19.9 Å². The van der Waals surface area contributed by atoms with Gasteiger partial charge in [-0.2, -0.15) is 0 Å². The van der Waals surface area contributed by atoms with Crippen molar-refractivity contribution in [2.24, 2.45) is 0 Å². The van der Waals surface area contributed by atoms with Crippen molar-refractivity contribution in [3.8, 4) is 67.7 Å². The highest BCUT2D eigenvalue weighted by molar-refractivity contribution is 6.10. The first-order chi connectivity index (χ1) is 26.1. The SMILES string of the molecule is CC(C)c1cccc(-c2cc(-c3ccc(-c4nc5ccccc5c5ccncc45)cc3)cc(-c3nc(-c4ccccc4)nc(-c4ccccc4)n3)c2)c1. The van der Waals surface area contributed by atoms with Crippen molar-refractivity contribution in [1.29, 1.82) is 0 Å². The van der Waals surface area contributed by atoms with Crippen molar-refractivity contribution in [3.05, 3.63) is 176 Å². The molecule has 0 unspecified atom stereocenters. The lowest BCUT2D eigenvalue weighted by molar-refractivity contribution is 0.867. The zero-order chi connectivity index (χ0) is 35.7. The van der Waals surface area contributed by atoms with E-state index >= 15 is 0 Å². The predicted molar refractivity (Wildman–Crippen MR) is 217 cm³/mol. The van der Waals surface area contributed by atoms with Gasteiger partial charge in [0.25, 0.3) is 0 Å². The molecule has 5 heteroatoms. The predicted octanol–water partition coefficient (Wildman–Crippen LogP) is 12.1. The normalized spacial score (nSPS) is 11.4. The van der Waals surface area contributed by atoms with E-state index in [4.69, 9.17) is 19.9 Å². The zero-order valence-corrected chi connectivity index (χ0v) is 29.5. The van der Waals surface area contributed by atoms with Crippen molar-refractivity contribution in [2.45, 2.75) is 19.8 Å². The number of pyridine rings is 2. The summed E-state index contributed by atoms with van der Waals surface area (Å²) in [6.45, 7) is 4.46. The van der Waals surface area contributed by atoms with E-state index < -0.39 is 0 Å². The second kappa shape index (κ2) is 13.7. The smallest absolute Gasteiger partial charge is 0.164 e. The Balaban J connectivity index is 1.21. The maximum atomic E-state index is 5.11. The first kappa shape index (κ1) is 32.1. The van der Waals surface area contributed by atoms with Crippen LogP contribution in [0.1, 0.15) is 25.3 Å². The van der Waals surface area contributed by atoms with E-state index in [1.54, 1.807) is 0 Å². The molecule has 252 valence electrons. The molecule has 0 aliphatic rings. The molecule has 0 fully saturated rings. The summed E-state index contributed by atoms with van der Waals surface area (Å²) in [6, 6.07) is 54.7. The number of nitrogens with zero attached hydrogens (tertiary/aromatic N) is 5. The highest BCUT2D eigenvalue weighted by Crippen LogP contribution is 2.36. The largest absolute Gasteiger partial charge is 0.264 e. The molecule has 6 aromatic carbocycles. The fraction of sp³-hybridized carbons (Fsp3) is 0.0625. The Bertz CT molecular complexity index is 2680. The third kappa shape index (κ3) is 6.34. The summed E-state index contributed by atoms with van der Waals surface area (Å²) < 4.78 is 0. The topological polar surface area (TPSA) is 64.5 Å². The summed E-state index contributed by atoms with van der Waals surface area (Å²) in [7, 11) is 0. The first-order valence-electron chi connectivity index (χ1n) is 17.9. The van der Waals surface area contributed by atoms with Gasteiger partial charge in [-0.1, -0.05) is 141 Å². The van der Waals surface area contributed by atoms with Gasteiger partial charge in [0.15, 0.2) is 17.5 Å². The quantitative estimate of drug-likeness (QED) is 0.157. The van der Waals surface area contributed by atoms with Crippen LogP contribution in [0.5, 0.6) is 0 Å². The lowest BCUT2D eigenvalue weighted by Crippen LogP contribution is -2.00. The monoisotopic (exact) mass is 681 g/mol. The Labute approximate surface area is 308 Å². The summed E-state index contributed by atoms with van der Waals surface area (Å²) in [6.07, 6.45) is 3.77. The Morgan fingerprint density at radius 2 is 0.943 bits per heavy atom. The Kier molecular flexibility index (Phi) is 8.29. The van der Waals surface area contributed by atoms with Gasteiger partial charge in [-0.3, -0.25) is 4.98 Å². The molecule has 53 heavy (non-hydrogen) atoms. The molecule has 0 amide bonds. The van der Waals surface area contributed by atoms with E-state index in [9.17, 15) is 0 Å². The van der Waals surface area contributed by atoms with Gasteiger partial charge < -0.3 is 0 Å². The van der Waals surface area contributed by atoms with Crippen molar-refractivity contribution in [2.75, 3.05) is 0 Å². The molecule has 9 rings (SSSR count). The second-order valence-electron chi connectivity index (χ2n) is 13.6. The van der Waals surface area contributed by atoms with Crippen LogP contribution >= 0.6 is 0 Å². The third-order valence-electron chi connectivity index (χ3n) is 9.77. The number of fused-ring (bicyclic) bond motifs is 3. The number of hydrogen-bond acceptors (Lipinski definition) is 5. The minimum atomic E-state index is 0.408. The van der Waals surface area contributed by atoms with Crippen molar-refractivity contribution in [3.63, 3.8) is 0 Å². The Morgan fingerprint density at radius 1 is 0.377 bits per heavy atom. The molecular formula is C48H35N5. The van der Waals surface area contributed by atoms with E-state index in [0.29, 0.717) is 23.4 Å². The fourth-order valence-electron chi connectivity index (χ4n) is 6.94. The number of hydrogen-bond donors (Lipinski definition) is 0. The van der Waals surface area contributed by atoms with Crippen LogP contribution in [-0.2, 0) is 0 Å². The molecule has 0 bridgehead atoms. The maximum absolute atomic E-state index is 5.11. The first-order valence-corrected chi connectivity index (χ1v) is 17.9. The van der Waals surface area contributed by atoms with E-state index in [2.05, 4.69) is 110 Å². The van der Waals surface area contributed by atoms with E-state index in [1.165, 1.54) is 5.56 Å². The van der Waals surface area contributed by atoms with Crippen LogP contribution < -0.4 is 0 Å². The number of aromatic nitrogens is 5. The molecule has 3 heterocycles. The van der Waals surface area contributed by atoms with Gasteiger partial charge in [0.1, 0.15) is 0 Å². The molecule has 0 spiro atoms. The molecule has 0 N–H and O–H groups in total. The molecular weight excluding hydrogens is 647 g/mol. The summed E-state index contributed by atoms with van der Waals surface area (Å²) in [5, 5.41) is 3.31. The molecule has 3 aromatic heterocycles. The van der Waals surface area contributed by atoms with Crippen LogP contribution in [-0.4, -0.2) is 24.9 Å². The number of para-hydroxylation sites is 1. The zero-order valence-electron chi connectivity index (χ0n) is 29.5. The van der Waals surface area contributed by atoms with Crippen LogP contribution in [0.4, 0.5) is 0 Å². The molecule has 0 aliphatic heterocycles. The molecule has 0 saturated carbocycles. The minimum Gasteiger partial charge on any atom is -0.264 e. The lowest BCUT2D eigenvalue weighted by atomic mass is 9.92. The standard InChI is InChI=1S/C48H35N5/c1-31(2)36-16-11-17-37(26-36)39-27-38(32-20-22-33(23-21-32)45-43-30-49-25-24-41(43)42-18-9-10-19-44(42)50-45)28-40(29-39)48-52-46(34-12-5-3-6-13-34)51-47(53-48)35-14-7-4-8-15-35/h3-31H,1-2H3. The molecule has 9 aromatic rings. The summed E-state index contributed by atoms with van der Waals surface area (Å²) in [5.41, 5.74) is 11.4. The van der Waals surface area contributed by atoms with E-state index in [0.717, 1.165) is 71.9 Å². The highest BCUT2D eigenvalue weighted by Gasteiger charge is 2.16. The Morgan fingerprint density at radius 3 is 1.62 bits per heavy atom. The molecule has 0 saturated heterocycles. The summed E-state index contributed by atoms with van der Waals surface area (Å²) in [5.74, 6) is 2.30. The van der Waals surface area contributed by atoms with Gasteiger partial charge >= 0.3 is 0 Å². The van der Waals surface area contributed by atoms with Crippen LogP contribution in [0.25, 0.3) is 89.4 Å². The van der Waals surface area contributed by atoms with Crippen LogP contribution in [0.3, 0.4) is 0 Å². The van der Waals surface area contributed by atoms with Crippen molar-refractivity contribution >= 4 is 21.7 Å². The number of rotatable bonds is 7. The summed E-state index contributed by atoms with van der Waals surface area (Å²) in [4.78, 5) is 24.7. The fourth-order valence-corrected chi connectivity index (χ4v) is 6.94. The van der Waals surface area contributed by atoms with Gasteiger partial charge in [0, 0.05) is 45.4 Å². The van der Waals surface area contributed by atoms with E-state index in [-0.39, 0.29) is 0 Å². The summed E-state index contributed by atoms with van der Waals surface area (Å²) >= 11 is 0. The van der Waals surface area contributed by atoms with Crippen LogP contribution in [0.2, 0.25) is 0 Å². The number of benzene rings is 6. The molecule has 0 radical (unpaired) electrons. The van der Waals surface area contributed by atoms with Gasteiger partial charge in [-0.15, -0.1) is 0 Å². The van der Waals surface area contributed by atoms with Crippen LogP contribution in [0, 0.1) is 0 Å². The van der Waals surface area contributed by atoms with Crippen molar-refractivity contribution < 1.29 is 0 Å². The molecule has 5 nitrogen and oxygen atoms in total. The average Bonchev–Trinajstić information content (AvgIpc) is 3.24.